The number of hydrogen-bond acceptors (Lipinski definition) is 4. The number of likely N-dealkylation sites (tertiary alicyclic amines) is 1. The smallest absolute Gasteiger partial charge is 0.0746 e. The predicted molar refractivity (Wildman–Crippen MR) is 86.5 cm³/mol. The summed E-state index contributed by atoms with van der Waals surface area (Å²) in [6, 6.07) is 0. The molecule has 0 saturated carbocycles. The van der Waals surface area contributed by atoms with Gasteiger partial charge in [-0.2, -0.15) is 0 Å². The molecule has 124 valence electrons. The zero-order valence-corrected chi connectivity index (χ0v) is 14.4. The standard InChI is InChI=1S/C17H34N2O2/c1-15(2,3)18-11-17(8-6-10-21-14-17)13-19-9-5-7-16(4,20)12-19/h18,20H,5-14H2,1-4H3. The Bertz CT molecular complexity index is 330. The maximum Gasteiger partial charge on any atom is 0.0746 e. The Hall–Kier alpha value is -0.160. The van der Waals surface area contributed by atoms with Crippen LogP contribution in [0.25, 0.3) is 0 Å². The fraction of sp³-hybridized carbons (Fsp3) is 1.00. The van der Waals surface area contributed by atoms with Crippen LogP contribution in [0, 0.1) is 5.41 Å². The highest BCUT2D eigenvalue weighted by atomic mass is 16.5. The third kappa shape index (κ3) is 5.51. The van der Waals surface area contributed by atoms with Crippen LogP contribution in [0.5, 0.6) is 0 Å². The SMILES string of the molecule is CC1(O)CCCN(CC2(CNC(C)(C)C)CCCOC2)C1. The molecule has 0 aromatic carbocycles. The number of rotatable bonds is 4. The van der Waals surface area contributed by atoms with Gasteiger partial charge >= 0.3 is 0 Å². The van der Waals surface area contributed by atoms with Gasteiger partial charge in [0, 0.05) is 37.2 Å². The number of β-amino-alcohol motifs (C(OH)–C–C–N with tert-alkyl or cyclic N) is 1. The molecule has 2 rings (SSSR count). The van der Waals surface area contributed by atoms with E-state index >= 15 is 0 Å². The molecule has 0 bridgehead atoms. The summed E-state index contributed by atoms with van der Waals surface area (Å²) in [4.78, 5) is 2.45. The molecular weight excluding hydrogens is 264 g/mol. The van der Waals surface area contributed by atoms with Crippen molar-refractivity contribution < 1.29 is 9.84 Å². The summed E-state index contributed by atoms with van der Waals surface area (Å²) in [6.45, 7) is 14.3. The highest BCUT2D eigenvalue weighted by Crippen LogP contribution is 2.32. The van der Waals surface area contributed by atoms with Crippen molar-refractivity contribution in [2.24, 2.45) is 5.41 Å². The van der Waals surface area contributed by atoms with E-state index in [9.17, 15) is 5.11 Å². The summed E-state index contributed by atoms with van der Waals surface area (Å²) in [7, 11) is 0. The zero-order valence-electron chi connectivity index (χ0n) is 14.4. The predicted octanol–water partition coefficient (Wildman–Crippen LogP) is 2.02. The number of piperidine rings is 1. The monoisotopic (exact) mass is 298 g/mol. The van der Waals surface area contributed by atoms with Crippen LogP contribution < -0.4 is 5.32 Å². The van der Waals surface area contributed by atoms with Gasteiger partial charge in [-0.15, -0.1) is 0 Å². The lowest BCUT2D eigenvalue weighted by Crippen LogP contribution is -2.55. The molecule has 2 unspecified atom stereocenters. The Labute approximate surface area is 130 Å². The maximum absolute atomic E-state index is 10.3. The molecule has 4 heteroatoms. The lowest BCUT2D eigenvalue weighted by molar-refractivity contribution is -0.0622. The van der Waals surface area contributed by atoms with E-state index in [1.54, 1.807) is 0 Å². The first-order valence-electron chi connectivity index (χ1n) is 8.47. The van der Waals surface area contributed by atoms with E-state index in [-0.39, 0.29) is 11.0 Å². The van der Waals surface area contributed by atoms with Gasteiger partial charge in [-0.1, -0.05) is 0 Å². The van der Waals surface area contributed by atoms with Crippen molar-refractivity contribution in [2.45, 2.75) is 64.5 Å². The van der Waals surface area contributed by atoms with Gasteiger partial charge in [0.15, 0.2) is 0 Å². The first-order valence-corrected chi connectivity index (χ1v) is 8.47. The summed E-state index contributed by atoms with van der Waals surface area (Å²) < 4.78 is 5.82. The average molecular weight is 298 g/mol. The van der Waals surface area contributed by atoms with Gasteiger partial charge in [-0.05, 0) is 59.9 Å². The van der Waals surface area contributed by atoms with Crippen LogP contribution in [-0.4, -0.2) is 60.5 Å². The molecule has 2 aliphatic rings. The molecule has 0 aromatic heterocycles. The number of nitrogens with zero attached hydrogens (tertiary/aromatic N) is 1. The normalized spacial score (nSPS) is 35.9. The van der Waals surface area contributed by atoms with Crippen molar-refractivity contribution in [3.63, 3.8) is 0 Å². The Morgan fingerprint density at radius 3 is 2.57 bits per heavy atom. The molecule has 0 aromatic rings. The van der Waals surface area contributed by atoms with Crippen LogP contribution in [0.15, 0.2) is 0 Å². The Morgan fingerprint density at radius 1 is 1.24 bits per heavy atom. The molecular formula is C17H34N2O2. The van der Waals surface area contributed by atoms with Crippen LogP contribution in [-0.2, 0) is 4.74 Å². The number of ether oxygens (including phenoxy) is 1. The van der Waals surface area contributed by atoms with Gasteiger partial charge in [0.25, 0.3) is 0 Å². The molecule has 2 fully saturated rings. The first kappa shape index (κ1) is 17.2. The van der Waals surface area contributed by atoms with Crippen molar-refractivity contribution >= 4 is 0 Å². The molecule has 0 spiro atoms. The van der Waals surface area contributed by atoms with Crippen molar-refractivity contribution in [2.75, 3.05) is 39.4 Å². The molecule has 2 saturated heterocycles. The Morgan fingerprint density at radius 2 is 2.00 bits per heavy atom. The van der Waals surface area contributed by atoms with E-state index < -0.39 is 5.60 Å². The molecule has 21 heavy (non-hydrogen) atoms. The molecule has 4 nitrogen and oxygen atoms in total. The van der Waals surface area contributed by atoms with Crippen molar-refractivity contribution in [3.05, 3.63) is 0 Å². The quantitative estimate of drug-likeness (QED) is 0.833. The fourth-order valence-electron chi connectivity index (χ4n) is 3.62. The molecule has 0 amide bonds. The minimum absolute atomic E-state index is 0.137. The van der Waals surface area contributed by atoms with E-state index in [2.05, 4.69) is 31.0 Å². The van der Waals surface area contributed by atoms with E-state index in [1.807, 2.05) is 6.92 Å². The second-order valence-corrected chi connectivity index (χ2v) is 8.57. The van der Waals surface area contributed by atoms with Crippen molar-refractivity contribution in [1.82, 2.24) is 10.2 Å². The third-order valence-electron chi connectivity index (χ3n) is 4.71. The lowest BCUT2D eigenvalue weighted by atomic mass is 9.80. The van der Waals surface area contributed by atoms with Gasteiger partial charge in [0.2, 0.25) is 0 Å². The van der Waals surface area contributed by atoms with Crippen LogP contribution >= 0.6 is 0 Å². The van der Waals surface area contributed by atoms with Crippen molar-refractivity contribution in [3.8, 4) is 0 Å². The van der Waals surface area contributed by atoms with Gasteiger partial charge in [0.1, 0.15) is 0 Å². The molecule has 2 aliphatic heterocycles. The largest absolute Gasteiger partial charge is 0.389 e. The average Bonchev–Trinajstić information content (AvgIpc) is 2.36. The summed E-state index contributed by atoms with van der Waals surface area (Å²) in [6.07, 6.45) is 4.38. The Kier molecular flexibility index (Phi) is 5.35. The summed E-state index contributed by atoms with van der Waals surface area (Å²) in [5, 5.41) is 14.0. The maximum atomic E-state index is 10.3. The lowest BCUT2D eigenvalue weighted by Gasteiger charge is -2.45. The van der Waals surface area contributed by atoms with E-state index in [1.165, 1.54) is 6.42 Å². The second kappa shape index (κ2) is 6.53. The molecule has 0 radical (unpaired) electrons. The van der Waals surface area contributed by atoms with Crippen molar-refractivity contribution in [1.29, 1.82) is 0 Å². The summed E-state index contributed by atoms with van der Waals surface area (Å²) in [5.74, 6) is 0. The third-order valence-corrected chi connectivity index (χ3v) is 4.71. The number of aliphatic hydroxyl groups is 1. The van der Waals surface area contributed by atoms with Gasteiger partial charge < -0.3 is 15.2 Å². The van der Waals surface area contributed by atoms with Crippen LogP contribution in [0.3, 0.4) is 0 Å². The molecule has 2 atom stereocenters. The van der Waals surface area contributed by atoms with Crippen LogP contribution in [0.1, 0.15) is 53.4 Å². The highest BCUT2D eigenvalue weighted by molar-refractivity contribution is 4.92. The summed E-state index contributed by atoms with van der Waals surface area (Å²) in [5.41, 5.74) is -0.191. The number of hydrogen-bond donors (Lipinski definition) is 2. The van der Waals surface area contributed by atoms with Crippen LogP contribution in [0.4, 0.5) is 0 Å². The Balaban J connectivity index is 1.98. The van der Waals surface area contributed by atoms with E-state index in [0.29, 0.717) is 0 Å². The van der Waals surface area contributed by atoms with E-state index in [4.69, 9.17) is 4.74 Å². The topological polar surface area (TPSA) is 44.7 Å². The van der Waals surface area contributed by atoms with Gasteiger partial charge in [0.05, 0.1) is 12.2 Å². The highest BCUT2D eigenvalue weighted by Gasteiger charge is 2.38. The molecule has 2 heterocycles. The second-order valence-electron chi connectivity index (χ2n) is 8.57. The minimum Gasteiger partial charge on any atom is -0.389 e. The van der Waals surface area contributed by atoms with E-state index in [0.717, 1.165) is 58.7 Å². The molecule has 0 aliphatic carbocycles. The van der Waals surface area contributed by atoms with Crippen LogP contribution in [0.2, 0.25) is 0 Å². The fourth-order valence-corrected chi connectivity index (χ4v) is 3.62. The zero-order chi connectivity index (χ0) is 15.6. The minimum atomic E-state index is -0.521. The summed E-state index contributed by atoms with van der Waals surface area (Å²) >= 11 is 0. The van der Waals surface area contributed by atoms with Gasteiger partial charge in [-0.3, -0.25) is 4.90 Å². The van der Waals surface area contributed by atoms with Gasteiger partial charge in [-0.25, -0.2) is 0 Å². The first-order chi connectivity index (χ1) is 9.70. The number of nitrogens with one attached hydrogen (secondary N) is 1. The molecule has 2 N–H and O–H groups in total.